The van der Waals surface area contributed by atoms with Gasteiger partial charge in [0.1, 0.15) is 0 Å². The fraction of sp³-hybridized carbons (Fsp3) is 0.300. The SMILES string of the molecule is C1=C=C(C2=c3ccccc3=CCN2)C=CC=1.CC.CCC. The summed E-state index contributed by atoms with van der Waals surface area (Å²) in [5, 5.41) is 5.93. The number of benzene rings is 1. The maximum atomic E-state index is 3.40. The van der Waals surface area contributed by atoms with Crippen LogP contribution >= 0.6 is 0 Å². The van der Waals surface area contributed by atoms with Gasteiger partial charge in [-0.15, -0.1) is 0 Å². The number of fused-ring (bicyclic) bond motifs is 1. The van der Waals surface area contributed by atoms with Crippen molar-refractivity contribution in [3.8, 4) is 0 Å². The summed E-state index contributed by atoms with van der Waals surface area (Å²) in [5.41, 5.74) is 8.35. The van der Waals surface area contributed by atoms with Crippen LogP contribution in [0.4, 0.5) is 0 Å². The van der Waals surface area contributed by atoms with Crippen molar-refractivity contribution in [1.82, 2.24) is 5.32 Å². The zero-order chi connectivity index (χ0) is 15.5. The summed E-state index contributed by atoms with van der Waals surface area (Å²) in [6, 6.07) is 8.41. The van der Waals surface area contributed by atoms with Gasteiger partial charge in [-0.3, -0.25) is 0 Å². The first-order valence-corrected chi connectivity index (χ1v) is 7.79. The lowest BCUT2D eigenvalue weighted by molar-refractivity contribution is 1.01. The largest absolute Gasteiger partial charge is 0.380 e. The van der Waals surface area contributed by atoms with E-state index in [1.54, 1.807) is 0 Å². The monoisotopic (exact) mass is 279 g/mol. The average Bonchev–Trinajstić information content (AvgIpc) is 2.58. The summed E-state index contributed by atoms with van der Waals surface area (Å²) in [5.74, 6) is 0. The first-order valence-electron chi connectivity index (χ1n) is 7.79. The quantitative estimate of drug-likeness (QED) is 0.777. The van der Waals surface area contributed by atoms with Crippen LogP contribution in [0.2, 0.25) is 0 Å². The van der Waals surface area contributed by atoms with Crippen molar-refractivity contribution in [2.24, 2.45) is 0 Å². The third kappa shape index (κ3) is 4.68. The fourth-order valence-corrected chi connectivity index (χ4v) is 2.00. The van der Waals surface area contributed by atoms with Crippen LogP contribution in [-0.4, -0.2) is 6.54 Å². The summed E-state index contributed by atoms with van der Waals surface area (Å²) in [6.45, 7) is 9.12. The second-order valence-electron chi connectivity index (χ2n) is 4.46. The summed E-state index contributed by atoms with van der Waals surface area (Å²) < 4.78 is 0. The molecular weight excluding hydrogens is 254 g/mol. The lowest BCUT2D eigenvalue weighted by atomic mass is 10.0. The normalized spacial score (nSPS) is 13.5. The minimum Gasteiger partial charge on any atom is -0.380 e. The van der Waals surface area contributed by atoms with Gasteiger partial charge in [0.15, 0.2) is 0 Å². The van der Waals surface area contributed by atoms with Crippen LogP contribution in [0.25, 0.3) is 11.8 Å². The van der Waals surface area contributed by atoms with Crippen molar-refractivity contribution in [3.63, 3.8) is 0 Å². The highest BCUT2D eigenvalue weighted by atomic mass is 14.9. The molecule has 0 aromatic heterocycles. The Hall–Kier alpha value is -2.20. The molecule has 0 bridgehead atoms. The third-order valence-corrected chi connectivity index (χ3v) is 2.75. The van der Waals surface area contributed by atoms with Gasteiger partial charge in [-0.2, -0.15) is 0 Å². The molecule has 1 N–H and O–H groups in total. The Morgan fingerprint density at radius 3 is 2.52 bits per heavy atom. The van der Waals surface area contributed by atoms with E-state index in [2.05, 4.69) is 67.0 Å². The molecule has 0 radical (unpaired) electrons. The molecule has 0 fully saturated rings. The van der Waals surface area contributed by atoms with E-state index < -0.39 is 0 Å². The second-order valence-corrected chi connectivity index (χ2v) is 4.46. The van der Waals surface area contributed by atoms with Crippen molar-refractivity contribution in [2.75, 3.05) is 6.54 Å². The molecule has 21 heavy (non-hydrogen) atoms. The minimum atomic E-state index is 0.870. The van der Waals surface area contributed by atoms with Gasteiger partial charge in [-0.1, -0.05) is 82.0 Å². The van der Waals surface area contributed by atoms with Crippen molar-refractivity contribution in [2.45, 2.75) is 34.1 Å². The molecule has 1 nitrogen and oxygen atoms in total. The van der Waals surface area contributed by atoms with Crippen LogP contribution in [0, 0.1) is 0 Å². The summed E-state index contributed by atoms with van der Waals surface area (Å²) in [4.78, 5) is 0. The average molecular weight is 279 g/mol. The van der Waals surface area contributed by atoms with Crippen LogP contribution in [0.1, 0.15) is 34.1 Å². The zero-order valence-corrected chi connectivity index (χ0v) is 13.5. The number of hydrogen-bond donors (Lipinski definition) is 1. The van der Waals surface area contributed by atoms with E-state index in [4.69, 9.17) is 0 Å². The van der Waals surface area contributed by atoms with Crippen LogP contribution < -0.4 is 15.8 Å². The molecule has 110 valence electrons. The van der Waals surface area contributed by atoms with Crippen LogP contribution in [0.15, 0.2) is 59.5 Å². The molecule has 0 saturated heterocycles. The number of rotatable bonds is 1. The first-order chi connectivity index (χ1) is 10.4. The summed E-state index contributed by atoms with van der Waals surface area (Å²) in [7, 11) is 0. The Morgan fingerprint density at radius 2 is 1.86 bits per heavy atom. The lowest BCUT2D eigenvalue weighted by Gasteiger charge is -2.13. The lowest BCUT2D eigenvalue weighted by Crippen LogP contribution is -2.37. The van der Waals surface area contributed by atoms with Crippen LogP contribution in [0.3, 0.4) is 0 Å². The summed E-state index contributed by atoms with van der Waals surface area (Å²) in [6.07, 6.45) is 9.36. The Kier molecular flexibility index (Phi) is 7.76. The van der Waals surface area contributed by atoms with Crippen molar-refractivity contribution >= 4 is 11.8 Å². The molecule has 1 heterocycles. The highest BCUT2D eigenvalue weighted by Gasteiger charge is 2.06. The summed E-state index contributed by atoms with van der Waals surface area (Å²) >= 11 is 0. The van der Waals surface area contributed by atoms with Gasteiger partial charge in [0.25, 0.3) is 0 Å². The maximum Gasteiger partial charge on any atom is 0.0581 e. The first kappa shape index (κ1) is 16.9. The van der Waals surface area contributed by atoms with Crippen molar-refractivity contribution in [1.29, 1.82) is 0 Å². The third-order valence-electron chi connectivity index (χ3n) is 2.75. The highest BCUT2D eigenvalue weighted by Crippen LogP contribution is 2.09. The molecule has 0 saturated carbocycles. The molecule has 1 aliphatic heterocycles. The van der Waals surface area contributed by atoms with Crippen molar-refractivity contribution < 1.29 is 0 Å². The van der Waals surface area contributed by atoms with Gasteiger partial charge in [0, 0.05) is 17.3 Å². The Bertz CT molecular complexity index is 692. The van der Waals surface area contributed by atoms with E-state index in [-0.39, 0.29) is 0 Å². The van der Waals surface area contributed by atoms with Gasteiger partial charge in [0.05, 0.1) is 5.70 Å². The molecule has 1 aromatic rings. The van der Waals surface area contributed by atoms with Gasteiger partial charge in [-0.25, -0.2) is 0 Å². The molecule has 0 atom stereocenters. The molecular formula is C20H25N. The Labute approximate surface area is 128 Å². The van der Waals surface area contributed by atoms with Crippen molar-refractivity contribution in [3.05, 3.63) is 70.0 Å². The molecule has 1 heteroatoms. The van der Waals surface area contributed by atoms with Gasteiger partial charge >= 0.3 is 0 Å². The Balaban J connectivity index is 0.000000395. The standard InChI is InChI=1S/C15H11N.C3H8.C2H6/c1-2-7-13(8-3-1)15-14-9-5-4-6-12(14)10-11-16-15;1-3-2;1-2/h1-2,4-7,9-10,16H,11H2;3H2,1-2H3;1-2H3. The highest BCUT2D eigenvalue weighted by molar-refractivity contribution is 5.69. The molecule has 0 amide bonds. The van der Waals surface area contributed by atoms with Crippen LogP contribution in [0.5, 0.6) is 0 Å². The van der Waals surface area contributed by atoms with E-state index in [1.807, 2.05) is 26.0 Å². The number of nitrogens with one attached hydrogen (secondary N) is 1. The maximum absolute atomic E-state index is 3.40. The number of allylic oxidation sites excluding steroid dienone is 2. The van der Waals surface area contributed by atoms with Gasteiger partial charge < -0.3 is 5.32 Å². The van der Waals surface area contributed by atoms with E-state index in [0.717, 1.165) is 17.8 Å². The molecule has 2 aliphatic rings. The predicted octanol–water partition coefficient (Wildman–Crippen LogP) is 3.43. The zero-order valence-electron chi connectivity index (χ0n) is 13.5. The molecule has 0 spiro atoms. The molecule has 3 rings (SSSR count). The van der Waals surface area contributed by atoms with E-state index in [1.165, 1.54) is 16.9 Å². The van der Waals surface area contributed by atoms with E-state index >= 15 is 0 Å². The topological polar surface area (TPSA) is 12.0 Å². The molecule has 0 unspecified atom stereocenters. The van der Waals surface area contributed by atoms with Crippen LogP contribution in [-0.2, 0) is 0 Å². The Morgan fingerprint density at radius 1 is 1.14 bits per heavy atom. The van der Waals surface area contributed by atoms with E-state index in [9.17, 15) is 0 Å². The fourth-order valence-electron chi connectivity index (χ4n) is 2.00. The second kappa shape index (κ2) is 9.66. The molecule has 1 aromatic carbocycles. The predicted molar refractivity (Wildman–Crippen MR) is 93.1 cm³/mol. The smallest absolute Gasteiger partial charge is 0.0581 e. The van der Waals surface area contributed by atoms with Gasteiger partial charge in [-0.05, 0) is 17.4 Å². The number of hydrogen-bond acceptors (Lipinski definition) is 1. The van der Waals surface area contributed by atoms with Gasteiger partial charge in [0.2, 0.25) is 0 Å². The molecule has 1 aliphatic carbocycles. The van der Waals surface area contributed by atoms with E-state index in [0.29, 0.717) is 0 Å². The minimum absolute atomic E-state index is 0.870.